The normalized spacial score (nSPS) is 10.8. The number of hydrogen-bond donors (Lipinski definition) is 1. The summed E-state index contributed by atoms with van der Waals surface area (Å²) in [4.78, 5) is 28.5. The summed E-state index contributed by atoms with van der Waals surface area (Å²) in [6.07, 6.45) is 0. The standard InChI is InChI=1S/C18H19N5O2S2/c1-10-6-5-7-13(8-10)16-21-22-18(23(16)4)26-9-14(25)20-17-19-11(2)15(27-17)12(3)24/h5-8H,9H2,1-4H3,(H,19,20,25). The second-order valence-electron chi connectivity index (χ2n) is 6.06. The number of carbonyl (C=O) groups is 2. The number of hydrogen-bond acceptors (Lipinski definition) is 7. The van der Waals surface area contributed by atoms with Crippen molar-refractivity contribution in [3.8, 4) is 11.4 Å². The van der Waals surface area contributed by atoms with Crippen LogP contribution < -0.4 is 5.32 Å². The summed E-state index contributed by atoms with van der Waals surface area (Å²) in [5.41, 5.74) is 2.76. The molecule has 0 radical (unpaired) electrons. The SMILES string of the molecule is CC(=O)c1sc(NC(=O)CSc2nnc(-c3cccc(C)c3)n2C)nc1C. The van der Waals surface area contributed by atoms with Gasteiger partial charge in [0.1, 0.15) is 0 Å². The maximum Gasteiger partial charge on any atom is 0.236 e. The van der Waals surface area contributed by atoms with Crippen molar-refractivity contribution in [1.29, 1.82) is 0 Å². The molecule has 0 atom stereocenters. The van der Waals surface area contributed by atoms with Crippen molar-refractivity contribution in [2.24, 2.45) is 7.05 Å². The molecule has 0 aliphatic carbocycles. The largest absolute Gasteiger partial charge is 0.305 e. The van der Waals surface area contributed by atoms with Gasteiger partial charge in [0.05, 0.1) is 16.3 Å². The van der Waals surface area contributed by atoms with E-state index in [9.17, 15) is 9.59 Å². The highest BCUT2D eigenvalue weighted by atomic mass is 32.2. The van der Waals surface area contributed by atoms with Gasteiger partial charge in [-0.05, 0) is 19.9 Å². The molecule has 0 saturated carbocycles. The van der Waals surface area contributed by atoms with Gasteiger partial charge in [0.25, 0.3) is 0 Å². The minimum atomic E-state index is -0.205. The zero-order valence-corrected chi connectivity index (χ0v) is 17.1. The Morgan fingerprint density at radius 2 is 2.04 bits per heavy atom. The van der Waals surface area contributed by atoms with Gasteiger partial charge < -0.3 is 9.88 Å². The Balaban J connectivity index is 1.64. The molecule has 9 heteroatoms. The maximum atomic E-state index is 12.2. The Kier molecular flexibility index (Phi) is 5.71. The number of rotatable bonds is 6. The molecule has 140 valence electrons. The fourth-order valence-electron chi connectivity index (χ4n) is 2.54. The quantitative estimate of drug-likeness (QED) is 0.502. The van der Waals surface area contributed by atoms with Gasteiger partial charge in [-0.2, -0.15) is 0 Å². The van der Waals surface area contributed by atoms with Crippen LogP contribution in [0.4, 0.5) is 5.13 Å². The van der Waals surface area contributed by atoms with E-state index in [0.29, 0.717) is 20.9 Å². The average Bonchev–Trinajstić information content (AvgIpc) is 3.15. The number of Topliss-reactive ketones (excluding diaryl/α,β-unsaturated/α-hetero) is 1. The van der Waals surface area contributed by atoms with E-state index in [2.05, 4.69) is 20.5 Å². The Labute approximate surface area is 165 Å². The van der Waals surface area contributed by atoms with Crippen molar-refractivity contribution in [3.05, 3.63) is 40.4 Å². The first-order chi connectivity index (χ1) is 12.8. The van der Waals surface area contributed by atoms with Crippen LogP contribution in [0.2, 0.25) is 0 Å². The topological polar surface area (TPSA) is 89.8 Å². The molecular formula is C18H19N5O2S2. The minimum absolute atomic E-state index is 0.0531. The lowest BCUT2D eigenvalue weighted by atomic mass is 10.1. The molecule has 0 spiro atoms. The number of thiazole rings is 1. The number of anilines is 1. The molecule has 0 saturated heterocycles. The summed E-state index contributed by atoms with van der Waals surface area (Å²) in [6.45, 7) is 5.27. The summed E-state index contributed by atoms with van der Waals surface area (Å²) in [7, 11) is 1.88. The van der Waals surface area contributed by atoms with E-state index in [1.165, 1.54) is 30.0 Å². The Hall–Kier alpha value is -2.52. The fraction of sp³-hybridized carbons (Fsp3) is 0.278. The van der Waals surface area contributed by atoms with Crippen LogP contribution in [0.3, 0.4) is 0 Å². The number of thioether (sulfide) groups is 1. The highest BCUT2D eigenvalue weighted by molar-refractivity contribution is 7.99. The highest BCUT2D eigenvalue weighted by Crippen LogP contribution is 2.25. The average molecular weight is 402 g/mol. The fourth-order valence-corrected chi connectivity index (χ4v) is 4.13. The van der Waals surface area contributed by atoms with E-state index in [-0.39, 0.29) is 17.4 Å². The number of aryl methyl sites for hydroxylation is 2. The Morgan fingerprint density at radius 1 is 1.26 bits per heavy atom. The summed E-state index contributed by atoms with van der Waals surface area (Å²) < 4.78 is 1.87. The summed E-state index contributed by atoms with van der Waals surface area (Å²) >= 11 is 2.49. The zero-order chi connectivity index (χ0) is 19.6. The van der Waals surface area contributed by atoms with Crippen LogP contribution in [0.1, 0.15) is 27.9 Å². The second kappa shape index (κ2) is 8.01. The van der Waals surface area contributed by atoms with E-state index in [4.69, 9.17) is 0 Å². The van der Waals surface area contributed by atoms with Gasteiger partial charge in [-0.25, -0.2) is 4.98 Å². The van der Waals surface area contributed by atoms with Crippen LogP contribution in [0, 0.1) is 13.8 Å². The van der Waals surface area contributed by atoms with Gasteiger partial charge in [-0.1, -0.05) is 46.9 Å². The Bertz CT molecular complexity index is 1010. The number of aromatic nitrogens is 4. The van der Waals surface area contributed by atoms with E-state index in [1.807, 2.05) is 42.8 Å². The van der Waals surface area contributed by atoms with Crippen molar-refractivity contribution >= 4 is 39.9 Å². The van der Waals surface area contributed by atoms with E-state index in [0.717, 1.165) is 17.0 Å². The predicted molar refractivity (Wildman–Crippen MR) is 107 cm³/mol. The lowest BCUT2D eigenvalue weighted by molar-refractivity contribution is -0.113. The number of benzene rings is 1. The monoisotopic (exact) mass is 401 g/mol. The third-order valence-corrected chi connectivity index (χ3v) is 6.00. The molecule has 0 unspecified atom stereocenters. The van der Waals surface area contributed by atoms with Crippen LogP contribution in [0.25, 0.3) is 11.4 Å². The lowest BCUT2D eigenvalue weighted by Gasteiger charge is -2.04. The van der Waals surface area contributed by atoms with Gasteiger partial charge in [-0.3, -0.25) is 9.59 Å². The van der Waals surface area contributed by atoms with Crippen LogP contribution in [0.15, 0.2) is 29.4 Å². The molecule has 0 aliphatic rings. The van der Waals surface area contributed by atoms with Gasteiger partial charge in [-0.15, -0.1) is 10.2 Å². The van der Waals surface area contributed by atoms with Gasteiger partial charge in [0, 0.05) is 19.5 Å². The zero-order valence-electron chi connectivity index (χ0n) is 15.4. The molecule has 7 nitrogen and oxygen atoms in total. The first-order valence-corrected chi connectivity index (χ1v) is 10.0. The van der Waals surface area contributed by atoms with E-state index >= 15 is 0 Å². The van der Waals surface area contributed by atoms with Crippen LogP contribution in [-0.4, -0.2) is 37.2 Å². The molecule has 3 rings (SSSR count). The number of nitrogens with zero attached hydrogens (tertiary/aromatic N) is 4. The third-order valence-electron chi connectivity index (χ3n) is 3.81. The highest BCUT2D eigenvalue weighted by Gasteiger charge is 2.16. The summed E-state index contributed by atoms with van der Waals surface area (Å²) in [5, 5.41) is 12.2. The molecule has 0 aliphatic heterocycles. The van der Waals surface area contributed by atoms with E-state index in [1.54, 1.807) is 6.92 Å². The van der Waals surface area contributed by atoms with Crippen molar-refractivity contribution in [2.75, 3.05) is 11.1 Å². The Morgan fingerprint density at radius 3 is 2.70 bits per heavy atom. The molecule has 2 heterocycles. The molecule has 1 amide bonds. The minimum Gasteiger partial charge on any atom is -0.305 e. The molecule has 1 N–H and O–H groups in total. The smallest absolute Gasteiger partial charge is 0.236 e. The maximum absolute atomic E-state index is 12.2. The van der Waals surface area contributed by atoms with Crippen molar-refractivity contribution in [1.82, 2.24) is 19.7 Å². The molecule has 0 fully saturated rings. The second-order valence-corrected chi connectivity index (χ2v) is 8.00. The molecule has 1 aromatic carbocycles. The molecular weight excluding hydrogens is 382 g/mol. The third kappa shape index (κ3) is 4.42. The molecule has 27 heavy (non-hydrogen) atoms. The number of amides is 1. The molecule has 0 bridgehead atoms. The number of ketones is 1. The molecule has 2 aromatic heterocycles. The summed E-state index contributed by atoms with van der Waals surface area (Å²) in [6, 6.07) is 8.03. The predicted octanol–water partition coefficient (Wildman–Crippen LogP) is 3.49. The van der Waals surface area contributed by atoms with Gasteiger partial charge in [0.2, 0.25) is 5.91 Å². The van der Waals surface area contributed by atoms with E-state index < -0.39 is 0 Å². The number of nitrogens with one attached hydrogen (secondary N) is 1. The van der Waals surface area contributed by atoms with Crippen molar-refractivity contribution < 1.29 is 9.59 Å². The first-order valence-electron chi connectivity index (χ1n) is 8.22. The van der Waals surface area contributed by atoms with Gasteiger partial charge in [0.15, 0.2) is 21.9 Å². The lowest BCUT2D eigenvalue weighted by Crippen LogP contribution is -2.14. The molecule has 3 aromatic rings. The first kappa shape index (κ1) is 19.2. The van der Waals surface area contributed by atoms with Crippen LogP contribution in [0.5, 0.6) is 0 Å². The van der Waals surface area contributed by atoms with Gasteiger partial charge >= 0.3 is 0 Å². The van der Waals surface area contributed by atoms with Crippen molar-refractivity contribution in [3.63, 3.8) is 0 Å². The van der Waals surface area contributed by atoms with Crippen LogP contribution in [-0.2, 0) is 11.8 Å². The van der Waals surface area contributed by atoms with Crippen molar-refractivity contribution in [2.45, 2.75) is 25.9 Å². The van der Waals surface area contributed by atoms with Crippen LogP contribution >= 0.6 is 23.1 Å². The number of carbonyl (C=O) groups excluding carboxylic acids is 2. The summed E-state index contributed by atoms with van der Waals surface area (Å²) in [5.74, 6) is 0.670.